The van der Waals surface area contributed by atoms with Crippen LogP contribution in [-0.4, -0.2) is 55.7 Å². The topological polar surface area (TPSA) is 80.0 Å². The molecule has 2 fully saturated rings. The minimum atomic E-state index is -3.62. The Bertz CT molecular complexity index is 1200. The highest BCUT2D eigenvalue weighted by Gasteiger charge is 2.40. The molecule has 0 spiro atoms. The number of aliphatic imine (C=N–C) groups is 1. The minimum absolute atomic E-state index is 0.0250. The van der Waals surface area contributed by atoms with Crippen molar-refractivity contribution in [3.8, 4) is 6.19 Å². The molecule has 2 aliphatic heterocycles. The third-order valence-electron chi connectivity index (χ3n) is 7.06. The molecule has 0 aliphatic carbocycles. The van der Waals surface area contributed by atoms with Crippen molar-refractivity contribution in [2.45, 2.75) is 50.9 Å². The van der Waals surface area contributed by atoms with Crippen LogP contribution in [0.4, 0.5) is 10.1 Å². The van der Waals surface area contributed by atoms with Crippen LogP contribution in [-0.2, 0) is 16.6 Å². The van der Waals surface area contributed by atoms with Gasteiger partial charge < -0.3 is 9.80 Å². The summed E-state index contributed by atoms with van der Waals surface area (Å²) in [5, 5.41) is 8.27. The van der Waals surface area contributed by atoms with Crippen molar-refractivity contribution in [1.82, 2.24) is 9.21 Å². The van der Waals surface area contributed by atoms with Gasteiger partial charge in [0.2, 0.25) is 16.2 Å². The lowest BCUT2D eigenvalue weighted by molar-refractivity contribution is 0.279. The van der Waals surface area contributed by atoms with Crippen molar-refractivity contribution in [2.24, 2.45) is 4.99 Å². The number of hydrogen-bond donors (Lipinski definition) is 0. The van der Waals surface area contributed by atoms with E-state index in [2.05, 4.69) is 14.8 Å². The van der Waals surface area contributed by atoms with Gasteiger partial charge in [-0.05, 0) is 37.5 Å². The molecule has 0 amide bonds. The maximum absolute atomic E-state index is 15.2. The second-order valence-electron chi connectivity index (χ2n) is 9.15. The smallest absolute Gasteiger partial charge is 0.221 e. The van der Waals surface area contributed by atoms with Crippen LogP contribution in [0.3, 0.4) is 0 Å². The van der Waals surface area contributed by atoms with E-state index in [1.54, 1.807) is 6.07 Å². The summed E-state index contributed by atoms with van der Waals surface area (Å²) in [4.78, 5) is 8.10. The molecule has 2 heterocycles. The average Bonchev–Trinajstić information content (AvgIpc) is 2.86. The van der Waals surface area contributed by atoms with Gasteiger partial charge in [0.1, 0.15) is 16.9 Å². The highest BCUT2D eigenvalue weighted by Crippen LogP contribution is 2.38. The number of nitrogens with zero attached hydrogens (tertiary/aromatic N) is 5. The van der Waals surface area contributed by atoms with E-state index in [1.165, 1.54) is 10.4 Å². The van der Waals surface area contributed by atoms with Gasteiger partial charge in [-0.2, -0.15) is 14.6 Å². The average molecular weight is 498 g/mol. The van der Waals surface area contributed by atoms with Crippen LogP contribution in [0.15, 0.2) is 53.5 Å². The van der Waals surface area contributed by atoms with Gasteiger partial charge in [-0.3, -0.25) is 0 Å². The molecule has 2 aromatic rings. The maximum atomic E-state index is 15.2. The van der Waals surface area contributed by atoms with Gasteiger partial charge in [0.15, 0.2) is 0 Å². The molecule has 4 rings (SSSR count). The SMILES string of the molecule is CCC(=NC#N)N1CCN(c2ccc(CN3[C@@H](C)CCC(c4ccccc4)S3(=O)=O)c(F)c2)CC1. The van der Waals surface area contributed by atoms with E-state index in [4.69, 9.17) is 5.26 Å². The zero-order chi connectivity index (χ0) is 25.0. The van der Waals surface area contributed by atoms with Crippen LogP contribution in [0.5, 0.6) is 0 Å². The monoisotopic (exact) mass is 497 g/mol. The number of hydrogen-bond acceptors (Lipinski definition) is 5. The third-order valence-corrected chi connectivity index (χ3v) is 9.43. The van der Waals surface area contributed by atoms with E-state index in [-0.39, 0.29) is 12.6 Å². The molecule has 0 radical (unpaired) electrons. The third kappa shape index (κ3) is 5.34. The van der Waals surface area contributed by atoms with Gasteiger partial charge in [-0.1, -0.05) is 43.3 Å². The summed E-state index contributed by atoms with van der Waals surface area (Å²) < 4.78 is 43.6. The molecule has 2 aliphatic rings. The standard InChI is InChI=1S/C26H32FN5O2S/c1-3-26(29-19-28)31-15-13-30(14-16-31)23-11-10-22(24(27)17-23)18-32-20(2)9-12-25(35(32,33)34)21-7-5-4-6-8-21/h4-8,10-11,17,20,25H,3,9,12-16,18H2,1-2H3/t20-,25?/m0/s1. The van der Waals surface area contributed by atoms with E-state index in [1.807, 2.05) is 56.4 Å². The lowest BCUT2D eigenvalue weighted by atomic mass is 10.0. The zero-order valence-corrected chi connectivity index (χ0v) is 21.1. The van der Waals surface area contributed by atoms with Crippen molar-refractivity contribution < 1.29 is 12.8 Å². The molecule has 0 aromatic heterocycles. The van der Waals surface area contributed by atoms with Crippen molar-refractivity contribution in [3.63, 3.8) is 0 Å². The summed E-state index contributed by atoms with van der Waals surface area (Å²) in [6.07, 6.45) is 3.86. The summed E-state index contributed by atoms with van der Waals surface area (Å²) in [5.74, 6) is 0.383. The number of sulfonamides is 1. The van der Waals surface area contributed by atoms with Gasteiger partial charge in [0.25, 0.3) is 0 Å². The van der Waals surface area contributed by atoms with Crippen molar-refractivity contribution in [1.29, 1.82) is 5.26 Å². The Hall–Kier alpha value is -2.96. The number of nitriles is 1. The molecular weight excluding hydrogens is 465 g/mol. The fourth-order valence-corrected chi connectivity index (χ4v) is 7.22. The van der Waals surface area contributed by atoms with Gasteiger partial charge in [0, 0.05) is 56.4 Å². The van der Waals surface area contributed by atoms with Gasteiger partial charge >= 0.3 is 0 Å². The van der Waals surface area contributed by atoms with Gasteiger partial charge in [-0.25, -0.2) is 12.8 Å². The molecule has 186 valence electrons. The second kappa shape index (κ2) is 10.8. The predicted molar refractivity (Wildman–Crippen MR) is 136 cm³/mol. The Kier molecular flexibility index (Phi) is 7.72. The molecule has 0 N–H and O–H groups in total. The van der Waals surface area contributed by atoms with Crippen LogP contribution >= 0.6 is 0 Å². The first kappa shape index (κ1) is 25.1. The summed E-state index contributed by atoms with van der Waals surface area (Å²) in [6.45, 7) is 6.70. The lowest BCUT2D eigenvalue weighted by Crippen LogP contribution is -2.48. The fourth-order valence-electron chi connectivity index (χ4n) is 5.03. The van der Waals surface area contributed by atoms with Gasteiger partial charge in [0.05, 0.1) is 0 Å². The fraction of sp³-hybridized carbons (Fsp3) is 0.462. The number of amidine groups is 1. The van der Waals surface area contributed by atoms with E-state index in [9.17, 15) is 8.42 Å². The zero-order valence-electron chi connectivity index (χ0n) is 20.3. The van der Waals surface area contributed by atoms with Crippen LogP contribution in [0.1, 0.15) is 49.5 Å². The summed E-state index contributed by atoms with van der Waals surface area (Å²) in [6, 6.07) is 14.2. The normalized spacial score (nSPS) is 23.2. The van der Waals surface area contributed by atoms with E-state index >= 15 is 4.39 Å². The molecule has 0 saturated carbocycles. The summed E-state index contributed by atoms with van der Waals surface area (Å²) in [7, 11) is -3.62. The number of anilines is 1. The molecule has 2 atom stereocenters. The molecule has 2 saturated heterocycles. The predicted octanol–water partition coefficient (Wildman–Crippen LogP) is 4.29. The largest absolute Gasteiger partial charge is 0.368 e. The Labute approximate surface area is 207 Å². The molecular formula is C26H32FN5O2S. The van der Waals surface area contributed by atoms with Crippen LogP contribution < -0.4 is 4.90 Å². The van der Waals surface area contributed by atoms with Crippen molar-refractivity contribution in [3.05, 3.63) is 65.5 Å². The molecule has 7 nitrogen and oxygen atoms in total. The molecule has 9 heteroatoms. The molecule has 35 heavy (non-hydrogen) atoms. The Morgan fingerprint density at radius 3 is 2.46 bits per heavy atom. The number of halogens is 1. The molecule has 0 bridgehead atoms. The van der Waals surface area contributed by atoms with Crippen molar-refractivity contribution in [2.75, 3.05) is 31.1 Å². The Morgan fingerprint density at radius 1 is 1.11 bits per heavy atom. The second-order valence-corrected chi connectivity index (χ2v) is 11.2. The molecule has 1 unspecified atom stereocenters. The summed E-state index contributed by atoms with van der Waals surface area (Å²) >= 11 is 0. The Balaban J connectivity index is 1.47. The van der Waals surface area contributed by atoms with E-state index in [0.29, 0.717) is 44.6 Å². The first-order valence-electron chi connectivity index (χ1n) is 12.1. The maximum Gasteiger partial charge on any atom is 0.221 e. The van der Waals surface area contributed by atoms with Crippen LogP contribution in [0, 0.1) is 17.3 Å². The highest BCUT2D eigenvalue weighted by molar-refractivity contribution is 7.89. The number of rotatable bonds is 5. The van der Waals surface area contributed by atoms with E-state index < -0.39 is 21.1 Å². The highest BCUT2D eigenvalue weighted by atomic mass is 32.2. The van der Waals surface area contributed by atoms with Crippen LogP contribution in [0.25, 0.3) is 0 Å². The molecule has 2 aromatic carbocycles. The first-order valence-corrected chi connectivity index (χ1v) is 13.6. The minimum Gasteiger partial charge on any atom is -0.368 e. The van der Waals surface area contributed by atoms with E-state index in [0.717, 1.165) is 23.5 Å². The van der Waals surface area contributed by atoms with Crippen LogP contribution in [0.2, 0.25) is 0 Å². The Morgan fingerprint density at radius 2 is 1.83 bits per heavy atom. The quantitative estimate of drug-likeness (QED) is 0.350. The van der Waals surface area contributed by atoms with Gasteiger partial charge in [-0.15, -0.1) is 0 Å². The lowest BCUT2D eigenvalue weighted by Gasteiger charge is -2.38. The number of benzene rings is 2. The number of piperazine rings is 1. The van der Waals surface area contributed by atoms with Crippen molar-refractivity contribution >= 4 is 21.5 Å². The first-order chi connectivity index (χ1) is 16.8. The summed E-state index contributed by atoms with van der Waals surface area (Å²) in [5.41, 5.74) is 1.94.